The van der Waals surface area contributed by atoms with Crippen LogP contribution in [0.15, 0.2) is 21.2 Å². The molecule has 4 nitrogen and oxygen atoms in total. The van der Waals surface area contributed by atoms with Crippen LogP contribution in [0.2, 0.25) is 0 Å². The van der Waals surface area contributed by atoms with Crippen LogP contribution in [0.3, 0.4) is 0 Å². The van der Waals surface area contributed by atoms with Crippen molar-refractivity contribution in [2.24, 2.45) is 5.92 Å². The van der Waals surface area contributed by atoms with Gasteiger partial charge in [0.25, 0.3) is 0 Å². The van der Waals surface area contributed by atoms with Gasteiger partial charge in [-0.3, -0.25) is 0 Å². The van der Waals surface area contributed by atoms with E-state index in [2.05, 4.69) is 28.2 Å². The Hall–Kier alpha value is -0.970. The lowest BCUT2D eigenvalue weighted by Crippen LogP contribution is -2.38. The lowest BCUT2D eigenvalue weighted by atomic mass is 10.4. The molecule has 1 N–H and O–H groups in total. The third-order valence-corrected chi connectivity index (χ3v) is 3.21. The highest BCUT2D eigenvalue weighted by Crippen LogP contribution is 2.29. The van der Waals surface area contributed by atoms with Crippen LogP contribution in [0.5, 0.6) is 0 Å². The summed E-state index contributed by atoms with van der Waals surface area (Å²) in [5.41, 5.74) is 0. The number of carbonyl (C=O) groups excluding carboxylic acids is 1. The van der Waals surface area contributed by atoms with Crippen LogP contribution in [-0.2, 0) is 6.54 Å². The van der Waals surface area contributed by atoms with Crippen molar-refractivity contribution >= 4 is 22.0 Å². The Morgan fingerprint density at radius 3 is 2.88 bits per heavy atom. The number of urea groups is 1. The summed E-state index contributed by atoms with van der Waals surface area (Å²) >= 11 is 3.23. The number of rotatable bonds is 3. The average Bonchev–Trinajstić information content (AvgIpc) is 2.73. The molecule has 1 fully saturated rings. The molecule has 2 amide bonds. The van der Waals surface area contributed by atoms with E-state index in [9.17, 15) is 4.79 Å². The smallest absolute Gasteiger partial charge is 0.317 e. The largest absolute Gasteiger partial charge is 0.452 e. The summed E-state index contributed by atoms with van der Waals surface area (Å²) in [7, 11) is 1.76. The molecule has 5 heteroatoms. The first kappa shape index (κ1) is 11.5. The lowest BCUT2D eigenvalue weighted by molar-refractivity contribution is 0.202. The Labute approximate surface area is 103 Å². The fourth-order valence-corrected chi connectivity index (χ4v) is 1.87. The third kappa shape index (κ3) is 2.78. The van der Waals surface area contributed by atoms with Crippen LogP contribution in [0.25, 0.3) is 0 Å². The van der Waals surface area contributed by atoms with E-state index in [1.165, 1.54) is 0 Å². The number of hydrogen-bond acceptors (Lipinski definition) is 2. The van der Waals surface area contributed by atoms with Crippen molar-refractivity contribution in [3.05, 3.63) is 22.6 Å². The summed E-state index contributed by atoms with van der Waals surface area (Å²) in [6.45, 7) is 2.62. The van der Waals surface area contributed by atoms with E-state index < -0.39 is 0 Å². The molecule has 1 aliphatic rings. The predicted molar refractivity (Wildman–Crippen MR) is 64.0 cm³/mol. The van der Waals surface area contributed by atoms with Crippen molar-refractivity contribution in [1.82, 2.24) is 10.2 Å². The molecule has 1 aromatic heterocycles. The predicted octanol–water partition coefficient (Wildman–Crippen LogP) is 2.59. The number of nitrogens with one attached hydrogen (secondary N) is 1. The van der Waals surface area contributed by atoms with Gasteiger partial charge in [0.15, 0.2) is 4.67 Å². The number of nitrogens with zero attached hydrogens (tertiary/aromatic N) is 1. The summed E-state index contributed by atoms with van der Waals surface area (Å²) in [6, 6.07) is 4.00. The van der Waals surface area contributed by atoms with Gasteiger partial charge in [-0.05, 0) is 40.4 Å². The normalized spacial score (nSPS) is 22.9. The third-order valence-electron chi connectivity index (χ3n) is 2.79. The highest BCUT2D eigenvalue weighted by Gasteiger charge is 2.34. The van der Waals surface area contributed by atoms with E-state index >= 15 is 0 Å². The molecule has 0 unspecified atom stereocenters. The second-order valence-electron chi connectivity index (χ2n) is 4.33. The van der Waals surface area contributed by atoms with Gasteiger partial charge in [-0.1, -0.05) is 6.92 Å². The van der Waals surface area contributed by atoms with Crippen LogP contribution < -0.4 is 5.32 Å². The minimum Gasteiger partial charge on any atom is -0.452 e. The van der Waals surface area contributed by atoms with Crippen molar-refractivity contribution in [2.75, 3.05) is 7.05 Å². The Morgan fingerprint density at radius 1 is 1.69 bits per heavy atom. The van der Waals surface area contributed by atoms with Crippen molar-refractivity contribution in [1.29, 1.82) is 0 Å². The van der Waals surface area contributed by atoms with Crippen LogP contribution in [-0.4, -0.2) is 24.0 Å². The molecule has 1 heterocycles. The molecule has 2 atom stereocenters. The Bertz CT molecular complexity index is 391. The van der Waals surface area contributed by atoms with E-state index in [4.69, 9.17) is 4.42 Å². The number of halogens is 1. The number of hydrogen-bond donors (Lipinski definition) is 1. The minimum absolute atomic E-state index is 0.0399. The monoisotopic (exact) mass is 286 g/mol. The molecule has 0 saturated heterocycles. The molecule has 0 bridgehead atoms. The highest BCUT2D eigenvalue weighted by atomic mass is 79.9. The number of amides is 2. The molecule has 1 aliphatic carbocycles. The van der Waals surface area contributed by atoms with E-state index in [1.807, 2.05) is 12.1 Å². The van der Waals surface area contributed by atoms with Crippen LogP contribution >= 0.6 is 15.9 Å². The summed E-state index contributed by atoms with van der Waals surface area (Å²) < 4.78 is 6.03. The van der Waals surface area contributed by atoms with Gasteiger partial charge in [-0.2, -0.15) is 0 Å². The first-order valence-corrected chi connectivity index (χ1v) is 6.11. The molecule has 0 aliphatic heterocycles. The SMILES string of the molecule is C[C@H]1C[C@@H]1NC(=O)N(C)Cc1ccc(Br)o1. The molecule has 1 aromatic rings. The molecule has 88 valence electrons. The van der Waals surface area contributed by atoms with E-state index in [0.717, 1.165) is 12.2 Å². The number of furan rings is 1. The van der Waals surface area contributed by atoms with Crippen molar-refractivity contribution in [3.8, 4) is 0 Å². The second kappa shape index (κ2) is 4.49. The van der Waals surface area contributed by atoms with Crippen molar-refractivity contribution in [3.63, 3.8) is 0 Å². The van der Waals surface area contributed by atoms with Gasteiger partial charge < -0.3 is 14.6 Å². The molecular formula is C11H15BrN2O2. The number of carbonyl (C=O) groups is 1. The molecule has 0 radical (unpaired) electrons. The van der Waals surface area contributed by atoms with Crippen molar-refractivity contribution in [2.45, 2.75) is 25.9 Å². The van der Waals surface area contributed by atoms with Gasteiger partial charge in [-0.15, -0.1) is 0 Å². The van der Waals surface area contributed by atoms with Crippen molar-refractivity contribution < 1.29 is 9.21 Å². The Morgan fingerprint density at radius 2 is 2.38 bits per heavy atom. The Kier molecular flexibility index (Phi) is 3.23. The zero-order valence-corrected chi connectivity index (χ0v) is 11.0. The average molecular weight is 287 g/mol. The first-order chi connectivity index (χ1) is 7.56. The molecule has 16 heavy (non-hydrogen) atoms. The molecular weight excluding hydrogens is 272 g/mol. The van der Waals surface area contributed by atoms with Gasteiger partial charge in [0.1, 0.15) is 5.76 Å². The van der Waals surface area contributed by atoms with Gasteiger partial charge >= 0.3 is 6.03 Å². The topological polar surface area (TPSA) is 45.5 Å². The van der Waals surface area contributed by atoms with Crippen LogP contribution in [0.4, 0.5) is 4.79 Å². The lowest BCUT2D eigenvalue weighted by Gasteiger charge is -2.16. The van der Waals surface area contributed by atoms with E-state index in [-0.39, 0.29) is 6.03 Å². The summed E-state index contributed by atoms with van der Waals surface area (Å²) in [4.78, 5) is 13.3. The van der Waals surface area contributed by atoms with Crippen LogP contribution in [0.1, 0.15) is 19.1 Å². The zero-order valence-electron chi connectivity index (χ0n) is 9.37. The van der Waals surface area contributed by atoms with Gasteiger partial charge in [-0.25, -0.2) is 4.79 Å². The van der Waals surface area contributed by atoms with E-state index in [1.54, 1.807) is 11.9 Å². The zero-order chi connectivity index (χ0) is 11.7. The van der Waals surface area contributed by atoms with Crippen LogP contribution in [0, 0.1) is 5.92 Å². The van der Waals surface area contributed by atoms with E-state index in [0.29, 0.717) is 23.2 Å². The fourth-order valence-electron chi connectivity index (χ4n) is 1.53. The molecule has 0 aromatic carbocycles. The second-order valence-corrected chi connectivity index (χ2v) is 5.11. The summed E-state index contributed by atoms with van der Waals surface area (Å²) in [5, 5.41) is 2.96. The maximum Gasteiger partial charge on any atom is 0.317 e. The summed E-state index contributed by atoms with van der Waals surface area (Å²) in [5.74, 6) is 1.39. The molecule has 0 spiro atoms. The highest BCUT2D eigenvalue weighted by molar-refractivity contribution is 9.10. The van der Waals surface area contributed by atoms with Gasteiger partial charge in [0.05, 0.1) is 6.54 Å². The molecule has 2 rings (SSSR count). The molecule has 1 saturated carbocycles. The summed E-state index contributed by atoms with van der Waals surface area (Å²) in [6.07, 6.45) is 1.09. The van der Waals surface area contributed by atoms with Gasteiger partial charge in [0, 0.05) is 13.1 Å². The van der Waals surface area contributed by atoms with Gasteiger partial charge in [0.2, 0.25) is 0 Å². The maximum atomic E-state index is 11.7. The maximum absolute atomic E-state index is 11.7. The standard InChI is InChI=1S/C11H15BrN2O2/c1-7-5-9(7)13-11(15)14(2)6-8-3-4-10(12)16-8/h3-4,7,9H,5-6H2,1-2H3,(H,13,15)/t7-,9-/m0/s1. The Balaban J connectivity index is 1.82. The quantitative estimate of drug-likeness (QED) is 0.928. The minimum atomic E-state index is -0.0399. The first-order valence-electron chi connectivity index (χ1n) is 5.32. The fraction of sp³-hybridized carbons (Fsp3) is 0.545.